The standard InChI is InChI=1S/C32H35N5O4S/c1-19(2)13-23-18-41-29-26(17-33)28(27-20(3)7-5-8-21(27)4)34-31(35-29)36-42(39,40)25-10-6-9-22(14-25)30(38)37(23)24-15-32(16-24)11-12-32/h5-10,14,19,23-24H,11-13,15-16,18H2,1-4H3,(H,34,35,36)/t23-/m1/s1. The summed E-state index contributed by atoms with van der Waals surface area (Å²) in [4.78, 5) is 25.0. The van der Waals surface area contributed by atoms with Crippen molar-refractivity contribution in [1.29, 1.82) is 5.26 Å². The summed E-state index contributed by atoms with van der Waals surface area (Å²) in [6, 6.07) is 13.8. The van der Waals surface area contributed by atoms with Crippen molar-refractivity contribution in [3.63, 3.8) is 0 Å². The number of sulfonamides is 1. The Labute approximate surface area is 247 Å². The van der Waals surface area contributed by atoms with E-state index in [-0.39, 0.29) is 52.8 Å². The van der Waals surface area contributed by atoms with E-state index >= 15 is 0 Å². The van der Waals surface area contributed by atoms with Gasteiger partial charge in [-0.3, -0.25) is 4.79 Å². The second-order valence-electron chi connectivity index (χ2n) is 12.5. The molecule has 1 atom stereocenters. The molecular formula is C32H35N5O4S. The zero-order valence-corrected chi connectivity index (χ0v) is 25.2. The lowest BCUT2D eigenvalue weighted by atomic mass is 9.75. The van der Waals surface area contributed by atoms with Crippen molar-refractivity contribution < 1.29 is 17.9 Å². The van der Waals surface area contributed by atoms with Crippen molar-refractivity contribution >= 4 is 21.9 Å². The fourth-order valence-corrected chi connectivity index (χ4v) is 7.51. The first kappa shape index (κ1) is 28.2. The van der Waals surface area contributed by atoms with Gasteiger partial charge in [0, 0.05) is 17.2 Å². The smallest absolute Gasteiger partial charge is 0.264 e. The van der Waals surface area contributed by atoms with Gasteiger partial charge in [-0.2, -0.15) is 10.2 Å². The molecule has 9 nitrogen and oxygen atoms in total. The fraction of sp³-hybridized carbons (Fsp3) is 0.438. The number of aromatic nitrogens is 2. The Morgan fingerprint density at radius 2 is 1.81 bits per heavy atom. The number of rotatable bonds is 4. The van der Waals surface area contributed by atoms with Gasteiger partial charge in [-0.05, 0) is 86.6 Å². The topological polar surface area (TPSA) is 125 Å². The molecule has 42 heavy (non-hydrogen) atoms. The van der Waals surface area contributed by atoms with E-state index in [0.29, 0.717) is 28.7 Å². The molecule has 1 spiro atoms. The average Bonchev–Trinajstić information content (AvgIpc) is 3.72. The van der Waals surface area contributed by atoms with Gasteiger partial charge in [0.15, 0.2) is 0 Å². The van der Waals surface area contributed by atoms with Gasteiger partial charge in [-0.1, -0.05) is 38.1 Å². The van der Waals surface area contributed by atoms with Crippen LogP contribution < -0.4 is 9.46 Å². The second kappa shape index (κ2) is 10.4. The molecule has 0 unspecified atom stereocenters. The molecule has 218 valence electrons. The Hall–Kier alpha value is -3.97. The molecule has 2 aromatic carbocycles. The fourth-order valence-electron chi connectivity index (χ4n) is 6.52. The van der Waals surface area contributed by atoms with Crippen molar-refractivity contribution in [2.45, 2.75) is 76.8 Å². The number of hydrogen-bond acceptors (Lipinski definition) is 7. The molecule has 6 rings (SSSR count). The van der Waals surface area contributed by atoms with E-state index < -0.39 is 10.0 Å². The molecule has 2 heterocycles. The maximum atomic E-state index is 14.2. The first-order valence-electron chi connectivity index (χ1n) is 14.5. The van der Waals surface area contributed by atoms with E-state index in [9.17, 15) is 18.5 Å². The van der Waals surface area contributed by atoms with Crippen molar-refractivity contribution in [3.05, 3.63) is 64.7 Å². The van der Waals surface area contributed by atoms with Crippen LogP contribution in [0.3, 0.4) is 0 Å². The largest absolute Gasteiger partial charge is 0.474 e. The molecule has 10 heteroatoms. The van der Waals surface area contributed by atoms with E-state index in [4.69, 9.17) is 4.74 Å². The maximum Gasteiger partial charge on any atom is 0.264 e. The lowest BCUT2D eigenvalue weighted by Gasteiger charge is -2.47. The number of nitrogens with one attached hydrogen (secondary N) is 1. The average molecular weight is 586 g/mol. The van der Waals surface area contributed by atoms with Gasteiger partial charge in [0.2, 0.25) is 11.8 Å². The summed E-state index contributed by atoms with van der Waals surface area (Å²) in [5.41, 5.74) is 3.54. The summed E-state index contributed by atoms with van der Waals surface area (Å²) in [6.45, 7) is 8.14. The first-order valence-corrected chi connectivity index (χ1v) is 16.0. The highest BCUT2D eigenvalue weighted by molar-refractivity contribution is 7.92. The lowest BCUT2D eigenvalue weighted by molar-refractivity contribution is 0.00916. The van der Waals surface area contributed by atoms with Gasteiger partial charge in [0.1, 0.15) is 18.2 Å². The first-order chi connectivity index (χ1) is 20.0. The number of fused-ring (bicyclic) bond motifs is 4. The summed E-state index contributed by atoms with van der Waals surface area (Å²) in [6.07, 6.45) is 4.92. The van der Waals surface area contributed by atoms with Crippen LogP contribution in [0.15, 0.2) is 47.4 Å². The highest BCUT2D eigenvalue weighted by Gasteiger charge is 2.56. The predicted octanol–water partition coefficient (Wildman–Crippen LogP) is 5.62. The summed E-state index contributed by atoms with van der Waals surface area (Å²) >= 11 is 0. The SMILES string of the molecule is Cc1cccc(C)c1-c1nc2nc(c1C#N)OC[C@@H](CC(C)C)N(C1CC3(CC3)C1)C(=O)c1cccc(c1)S(=O)(=O)N2. The third-order valence-electron chi connectivity index (χ3n) is 8.79. The number of amides is 1. The Balaban J connectivity index is 1.53. The van der Waals surface area contributed by atoms with Gasteiger partial charge in [0.25, 0.3) is 15.9 Å². The minimum atomic E-state index is -4.18. The molecule has 1 N–H and O–H groups in total. The maximum absolute atomic E-state index is 14.2. The van der Waals surface area contributed by atoms with E-state index in [1.807, 2.05) is 36.9 Å². The number of aryl methyl sites for hydroxylation is 2. The van der Waals surface area contributed by atoms with Crippen LogP contribution in [0, 0.1) is 36.5 Å². The zero-order valence-electron chi connectivity index (χ0n) is 24.3. The van der Waals surface area contributed by atoms with Crippen molar-refractivity contribution in [3.8, 4) is 23.2 Å². The number of carbonyl (C=O) groups excluding carboxylic acids is 1. The molecule has 2 saturated carbocycles. The van der Waals surface area contributed by atoms with Gasteiger partial charge in [-0.25, -0.2) is 18.1 Å². The molecule has 3 aromatic rings. The van der Waals surface area contributed by atoms with Crippen LogP contribution in [0.4, 0.5) is 5.95 Å². The normalized spacial score (nSPS) is 20.8. The summed E-state index contributed by atoms with van der Waals surface area (Å²) < 4.78 is 36.0. The summed E-state index contributed by atoms with van der Waals surface area (Å²) in [7, 11) is -4.18. The molecular weight excluding hydrogens is 550 g/mol. The molecule has 0 radical (unpaired) electrons. The highest BCUT2D eigenvalue weighted by atomic mass is 32.2. The summed E-state index contributed by atoms with van der Waals surface area (Å²) in [5.74, 6) is -0.170. The number of nitrogens with zero attached hydrogens (tertiary/aromatic N) is 4. The third kappa shape index (κ3) is 5.11. The Morgan fingerprint density at radius 1 is 1.12 bits per heavy atom. The summed E-state index contributed by atoms with van der Waals surface area (Å²) in [5, 5.41) is 10.3. The third-order valence-corrected chi connectivity index (χ3v) is 10.1. The van der Waals surface area contributed by atoms with Crippen LogP contribution in [0.2, 0.25) is 0 Å². The van der Waals surface area contributed by atoms with Gasteiger partial charge in [0.05, 0.1) is 16.6 Å². The molecule has 2 fully saturated rings. The van der Waals surface area contributed by atoms with Gasteiger partial charge in [-0.15, -0.1) is 0 Å². The van der Waals surface area contributed by atoms with Crippen molar-refractivity contribution in [1.82, 2.24) is 14.9 Å². The number of anilines is 1. The van der Waals surface area contributed by atoms with E-state index in [0.717, 1.165) is 24.0 Å². The molecule has 3 aliphatic rings. The lowest BCUT2D eigenvalue weighted by Crippen LogP contribution is -2.55. The van der Waals surface area contributed by atoms with E-state index in [2.05, 4.69) is 34.6 Å². The van der Waals surface area contributed by atoms with Crippen molar-refractivity contribution in [2.24, 2.45) is 11.3 Å². The van der Waals surface area contributed by atoms with Gasteiger partial charge < -0.3 is 9.64 Å². The Morgan fingerprint density at radius 3 is 2.45 bits per heavy atom. The number of hydrogen-bond donors (Lipinski definition) is 1. The van der Waals surface area contributed by atoms with Crippen LogP contribution in [0.1, 0.15) is 73.0 Å². The molecule has 4 bridgehead atoms. The predicted molar refractivity (Wildman–Crippen MR) is 159 cm³/mol. The zero-order chi connectivity index (χ0) is 29.8. The van der Waals surface area contributed by atoms with Gasteiger partial charge >= 0.3 is 0 Å². The van der Waals surface area contributed by atoms with Crippen LogP contribution >= 0.6 is 0 Å². The molecule has 1 amide bonds. The number of benzene rings is 2. The van der Waals surface area contributed by atoms with Crippen LogP contribution in [-0.4, -0.2) is 47.9 Å². The molecule has 1 aromatic heterocycles. The van der Waals surface area contributed by atoms with Crippen LogP contribution in [0.5, 0.6) is 5.88 Å². The number of nitriles is 1. The molecule has 1 aliphatic heterocycles. The highest BCUT2D eigenvalue weighted by Crippen LogP contribution is 2.62. The van der Waals surface area contributed by atoms with E-state index in [1.54, 1.807) is 12.1 Å². The number of carbonyl (C=O) groups is 1. The monoisotopic (exact) mass is 585 g/mol. The van der Waals surface area contributed by atoms with Crippen molar-refractivity contribution in [2.75, 3.05) is 11.3 Å². The number of ether oxygens (including phenoxy) is 1. The Bertz CT molecular complexity index is 1700. The Kier molecular flexibility index (Phi) is 6.97. The van der Waals surface area contributed by atoms with Crippen LogP contribution in [0.25, 0.3) is 11.3 Å². The second-order valence-corrected chi connectivity index (χ2v) is 14.1. The van der Waals surface area contributed by atoms with Crippen LogP contribution in [-0.2, 0) is 10.0 Å². The minimum Gasteiger partial charge on any atom is -0.474 e. The quantitative estimate of drug-likeness (QED) is 0.421. The molecule has 2 aliphatic carbocycles. The van der Waals surface area contributed by atoms with E-state index in [1.165, 1.54) is 25.0 Å². The molecule has 0 saturated heterocycles. The minimum absolute atomic E-state index is 0.0118.